The van der Waals surface area contributed by atoms with Gasteiger partial charge < -0.3 is 25.4 Å². The van der Waals surface area contributed by atoms with Crippen LogP contribution in [0.5, 0.6) is 11.5 Å². The maximum Gasteiger partial charge on any atom is 0.573 e. The molecule has 0 radical (unpaired) electrons. The van der Waals surface area contributed by atoms with E-state index in [-0.39, 0.29) is 42.6 Å². The van der Waals surface area contributed by atoms with Crippen molar-refractivity contribution < 1.29 is 41.4 Å². The first-order valence-electron chi connectivity index (χ1n) is 11.6. The van der Waals surface area contributed by atoms with Gasteiger partial charge in [0, 0.05) is 24.7 Å². The number of fused-ring (bicyclic) bond motifs is 2. The van der Waals surface area contributed by atoms with E-state index in [0.29, 0.717) is 17.0 Å². The minimum atomic E-state index is -4.94. The molecule has 11 nitrogen and oxygen atoms in total. The molecule has 0 aliphatic carbocycles. The van der Waals surface area contributed by atoms with Gasteiger partial charge in [0.2, 0.25) is 0 Å². The topological polar surface area (TPSA) is 136 Å². The highest BCUT2D eigenvalue weighted by molar-refractivity contribution is 5.98. The number of carbonyl (C=O) groups is 3. The van der Waals surface area contributed by atoms with Gasteiger partial charge in [0.1, 0.15) is 22.9 Å². The lowest BCUT2D eigenvalue weighted by Crippen LogP contribution is -2.29. The van der Waals surface area contributed by atoms with E-state index in [1.165, 1.54) is 18.2 Å². The molecule has 0 saturated heterocycles. The Kier molecular flexibility index (Phi) is 6.94. The number of aromatic nitrogens is 3. The van der Waals surface area contributed by atoms with Gasteiger partial charge in [-0.15, -0.1) is 13.2 Å². The van der Waals surface area contributed by atoms with Gasteiger partial charge in [-0.25, -0.2) is 13.9 Å². The average molecular weight is 558 g/mol. The second-order valence-electron chi connectivity index (χ2n) is 8.44. The zero-order chi connectivity index (χ0) is 28.4. The molecule has 0 unspecified atom stereocenters. The van der Waals surface area contributed by atoms with E-state index in [4.69, 9.17) is 4.74 Å². The minimum absolute atomic E-state index is 0.00585. The lowest BCUT2D eigenvalue weighted by Gasteiger charge is -2.18. The van der Waals surface area contributed by atoms with Crippen molar-refractivity contribution in [2.75, 3.05) is 11.9 Å². The van der Waals surface area contributed by atoms with Gasteiger partial charge in [0.15, 0.2) is 18.1 Å². The Bertz CT molecular complexity index is 1640. The number of nitrogens with zero attached hydrogens (tertiary/aromatic N) is 3. The summed E-state index contributed by atoms with van der Waals surface area (Å²) >= 11 is 0. The van der Waals surface area contributed by atoms with Gasteiger partial charge in [-0.1, -0.05) is 24.3 Å². The molecular formula is C25H18F4N6O5. The lowest BCUT2D eigenvalue weighted by atomic mass is 10.1. The summed E-state index contributed by atoms with van der Waals surface area (Å²) in [5.74, 6) is -2.87. The van der Waals surface area contributed by atoms with E-state index < -0.39 is 35.4 Å². The van der Waals surface area contributed by atoms with Crippen molar-refractivity contribution in [1.29, 1.82) is 0 Å². The monoisotopic (exact) mass is 558 g/mol. The predicted octanol–water partition coefficient (Wildman–Crippen LogP) is 2.96. The summed E-state index contributed by atoms with van der Waals surface area (Å²) in [6.45, 7) is -0.487. The number of ether oxygens (including phenoxy) is 2. The van der Waals surface area contributed by atoms with Crippen LogP contribution in [0.2, 0.25) is 0 Å². The second kappa shape index (κ2) is 10.5. The molecule has 0 atom stereocenters. The van der Waals surface area contributed by atoms with Crippen LogP contribution in [0.15, 0.2) is 54.7 Å². The van der Waals surface area contributed by atoms with Crippen LogP contribution in [0.3, 0.4) is 0 Å². The fourth-order valence-electron chi connectivity index (χ4n) is 3.87. The van der Waals surface area contributed by atoms with Crippen LogP contribution in [0.25, 0.3) is 5.65 Å². The molecule has 2 aromatic carbocycles. The highest BCUT2D eigenvalue weighted by atomic mass is 19.4. The van der Waals surface area contributed by atoms with Crippen LogP contribution in [-0.2, 0) is 17.9 Å². The number of para-hydroxylation sites is 1. The van der Waals surface area contributed by atoms with Gasteiger partial charge in [-0.3, -0.25) is 14.4 Å². The third-order valence-corrected chi connectivity index (χ3v) is 5.66. The van der Waals surface area contributed by atoms with E-state index >= 15 is 0 Å². The molecule has 40 heavy (non-hydrogen) atoms. The number of hydrogen-bond donors (Lipinski definition) is 3. The highest BCUT2D eigenvalue weighted by Crippen LogP contribution is 2.29. The smallest absolute Gasteiger partial charge is 0.482 e. The van der Waals surface area contributed by atoms with Gasteiger partial charge in [0.05, 0.1) is 11.9 Å². The number of rotatable bonds is 7. The van der Waals surface area contributed by atoms with Crippen LogP contribution in [0.4, 0.5) is 23.2 Å². The first-order valence-corrected chi connectivity index (χ1v) is 11.6. The first-order chi connectivity index (χ1) is 19.1. The molecule has 3 heterocycles. The first kappa shape index (κ1) is 26.4. The zero-order valence-corrected chi connectivity index (χ0v) is 20.2. The van der Waals surface area contributed by atoms with Crippen molar-refractivity contribution in [3.05, 3.63) is 83.1 Å². The Morgan fingerprint density at radius 1 is 1.07 bits per heavy atom. The summed E-state index contributed by atoms with van der Waals surface area (Å²) in [5, 5.41) is 11.4. The van der Waals surface area contributed by atoms with E-state index in [9.17, 15) is 31.9 Å². The van der Waals surface area contributed by atoms with E-state index in [1.54, 1.807) is 18.2 Å². The van der Waals surface area contributed by atoms with Gasteiger partial charge in [-0.05, 0) is 23.8 Å². The molecule has 3 amide bonds. The molecule has 0 fully saturated rings. The van der Waals surface area contributed by atoms with Crippen molar-refractivity contribution in [2.24, 2.45) is 0 Å². The maximum absolute atomic E-state index is 14.4. The summed E-state index contributed by atoms with van der Waals surface area (Å²) in [5.41, 5.74) is 0.0496. The molecule has 0 bridgehead atoms. The third-order valence-electron chi connectivity index (χ3n) is 5.66. The van der Waals surface area contributed by atoms with Gasteiger partial charge >= 0.3 is 6.36 Å². The number of anilines is 1. The summed E-state index contributed by atoms with van der Waals surface area (Å²) in [6, 6.07) is 11.2. The average Bonchev–Trinajstić information content (AvgIpc) is 3.29. The number of halogens is 4. The fraction of sp³-hybridized carbons (Fsp3) is 0.160. The second-order valence-corrected chi connectivity index (χ2v) is 8.44. The van der Waals surface area contributed by atoms with Crippen molar-refractivity contribution >= 4 is 29.1 Å². The number of alkyl halides is 3. The number of nitrogens with one attached hydrogen (secondary N) is 3. The van der Waals surface area contributed by atoms with Crippen molar-refractivity contribution in [3.8, 4) is 11.5 Å². The van der Waals surface area contributed by atoms with E-state index in [1.807, 2.05) is 0 Å². The molecule has 5 rings (SSSR count). The number of hydrogen-bond acceptors (Lipinski definition) is 7. The van der Waals surface area contributed by atoms with Crippen LogP contribution in [-0.4, -0.2) is 45.3 Å². The Balaban J connectivity index is 1.34. The SMILES string of the molecule is O=C1COc2ccc(CNC(=O)c3cc(C(=O)NCc4ccccc4OC(F)(F)F)n4ncc(F)c4n3)cc2N1. The summed E-state index contributed by atoms with van der Waals surface area (Å²) in [7, 11) is 0. The Hall–Kier alpha value is -5.21. The van der Waals surface area contributed by atoms with E-state index in [2.05, 4.69) is 30.8 Å². The standard InChI is InChI=1S/C25H18F4N6O5/c26-15-11-32-35-18(24(38)31-10-14-3-1-2-4-19(14)40-25(27,28)29)8-17(34-22(15)35)23(37)30-9-13-5-6-20-16(7-13)33-21(36)12-39-20/h1-8,11H,9-10,12H2,(H,30,37)(H,31,38)(H,33,36). The van der Waals surface area contributed by atoms with Crippen LogP contribution >= 0.6 is 0 Å². The largest absolute Gasteiger partial charge is 0.573 e. The summed E-state index contributed by atoms with van der Waals surface area (Å²) < 4.78 is 62.7. The molecule has 1 aliphatic rings. The normalized spacial score (nSPS) is 12.8. The zero-order valence-electron chi connectivity index (χ0n) is 20.2. The molecule has 2 aromatic heterocycles. The molecule has 15 heteroatoms. The molecular weight excluding hydrogens is 540 g/mol. The van der Waals surface area contributed by atoms with E-state index in [0.717, 1.165) is 22.8 Å². The molecule has 3 N–H and O–H groups in total. The molecule has 0 spiro atoms. The molecule has 0 saturated carbocycles. The summed E-state index contributed by atoms with van der Waals surface area (Å²) in [6.07, 6.45) is -4.14. The maximum atomic E-state index is 14.4. The lowest BCUT2D eigenvalue weighted by molar-refractivity contribution is -0.274. The van der Waals surface area contributed by atoms with Gasteiger partial charge in [-0.2, -0.15) is 5.10 Å². The molecule has 4 aromatic rings. The highest BCUT2D eigenvalue weighted by Gasteiger charge is 2.32. The quantitative estimate of drug-likeness (QED) is 0.297. The number of amides is 3. The Morgan fingerprint density at radius 3 is 2.65 bits per heavy atom. The van der Waals surface area contributed by atoms with Crippen LogP contribution < -0.4 is 25.4 Å². The Morgan fingerprint density at radius 2 is 1.85 bits per heavy atom. The molecule has 1 aliphatic heterocycles. The predicted molar refractivity (Wildman–Crippen MR) is 129 cm³/mol. The van der Waals surface area contributed by atoms with Crippen LogP contribution in [0, 0.1) is 5.82 Å². The fourth-order valence-corrected chi connectivity index (χ4v) is 3.87. The van der Waals surface area contributed by atoms with Crippen molar-refractivity contribution in [2.45, 2.75) is 19.5 Å². The van der Waals surface area contributed by atoms with Crippen molar-refractivity contribution in [3.63, 3.8) is 0 Å². The Labute approximate surface area is 222 Å². The van der Waals surface area contributed by atoms with Crippen molar-refractivity contribution in [1.82, 2.24) is 25.2 Å². The third kappa shape index (κ3) is 5.77. The summed E-state index contributed by atoms with van der Waals surface area (Å²) in [4.78, 5) is 41.4. The number of carbonyl (C=O) groups excluding carboxylic acids is 3. The van der Waals surface area contributed by atoms with Gasteiger partial charge in [0.25, 0.3) is 17.7 Å². The minimum Gasteiger partial charge on any atom is -0.482 e. The van der Waals surface area contributed by atoms with Crippen LogP contribution in [0.1, 0.15) is 32.1 Å². The molecule has 206 valence electrons. The number of benzene rings is 2.